The summed E-state index contributed by atoms with van der Waals surface area (Å²) >= 11 is 3.02. The molecule has 6 heteroatoms. The molecule has 0 saturated carbocycles. The molecule has 0 heterocycles. The molecule has 15 heavy (non-hydrogen) atoms. The van der Waals surface area contributed by atoms with Gasteiger partial charge in [-0.3, -0.25) is 10.1 Å². The molecule has 0 fully saturated rings. The summed E-state index contributed by atoms with van der Waals surface area (Å²) in [4.78, 5) is 10.0. The van der Waals surface area contributed by atoms with Crippen LogP contribution in [0, 0.1) is 10.1 Å². The van der Waals surface area contributed by atoms with Crippen molar-refractivity contribution >= 4 is 21.6 Å². The number of nitro groups is 1. The fourth-order valence-corrected chi connectivity index (χ4v) is 1.56. The highest BCUT2D eigenvalue weighted by molar-refractivity contribution is 9.10. The Morgan fingerprint density at radius 1 is 1.67 bits per heavy atom. The number of nitrogens with two attached hydrogens (primary N) is 1. The van der Waals surface area contributed by atoms with E-state index in [1.807, 2.05) is 0 Å². The van der Waals surface area contributed by atoms with E-state index in [2.05, 4.69) is 22.5 Å². The van der Waals surface area contributed by atoms with E-state index in [1.165, 1.54) is 18.2 Å². The van der Waals surface area contributed by atoms with Gasteiger partial charge in [-0.15, -0.1) is 6.58 Å². The van der Waals surface area contributed by atoms with Crippen molar-refractivity contribution in [3.8, 4) is 5.75 Å². The fraction of sp³-hybridized carbons (Fsp3) is 0.111. The second-order valence-electron chi connectivity index (χ2n) is 2.88. The van der Waals surface area contributed by atoms with Crippen LogP contribution in [-0.2, 0) is 0 Å². The van der Waals surface area contributed by atoms with Crippen LogP contribution in [0.2, 0.25) is 0 Å². The topological polar surface area (TPSA) is 89.4 Å². The largest absolute Gasteiger partial charge is 0.506 e. The van der Waals surface area contributed by atoms with Crippen LogP contribution in [-0.4, -0.2) is 10.0 Å². The number of phenolic OH excluding ortho intramolecular Hbond substituents is 1. The molecule has 1 aromatic carbocycles. The van der Waals surface area contributed by atoms with E-state index in [1.54, 1.807) is 0 Å². The highest BCUT2D eigenvalue weighted by Gasteiger charge is 2.17. The Hall–Kier alpha value is -1.40. The van der Waals surface area contributed by atoms with Crippen LogP contribution in [0.3, 0.4) is 0 Å². The zero-order valence-corrected chi connectivity index (χ0v) is 9.27. The first-order valence-electron chi connectivity index (χ1n) is 4.02. The van der Waals surface area contributed by atoms with Gasteiger partial charge < -0.3 is 10.8 Å². The molecule has 0 bridgehead atoms. The predicted molar refractivity (Wildman–Crippen MR) is 59.6 cm³/mol. The molecule has 0 unspecified atom stereocenters. The summed E-state index contributed by atoms with van der Waals surface area (Å²) < 4.78 is 0.240. The summed E-state index contributed by atoms with van der Waals surface area (Å²) in [5.41, 5.74) is 5.75. The second-order valence-corrected chi connectivity index (χ2v) is 3.74. The van der Waals surface area contributed by atoms with Gasteiger partial charge in [-0.05, 0) is 15.9 Å². The zero-order valence-electron chi connectivity index (χ0n) is 7.68. The third-order valence-electron chi connectivity index (χ3n) is 1.90. The minimum Gasteiger partial charge on any atom is -0.506 e. The Morgan fingerprint density at radius 3 is 2.73 bits per heavy atom. The van der Waals surface area contributed by atoms with Gasteiger partial charge >= 0.3 is 0 Å². The fourth-order valence-electron chi connectivity index (χ4n) is 1.09. The van der Waals surface area contributed by atoms with Gasteiger partial charge in [-0.2, -0.15) is 0 Å². The first kappa shape index (κ1) is 11.7. The Labute approximate surface area is 94.5 Å². The lowest BCUT2D eigenvalue weighted by Crippen LogP contribution is -2.07. The Bertz CT molecular complexity index is 420. The van der Waals surface area contributed by atoms with Crippen molar-refractivity contribution < 1.29 is 10.0 Å². The van der Waals surface area contributed by atoms with Gasteiger partial charge in [0.2, 0.25) is 0 Å². The number of halogens is 1. The Morgan fingerprint density at radius 2 is 2.27 bits per heavy atom. The van der Waals surface area contributed by atoms with Crippen molar-refractivity contribution in [2.24, 2.45) is 5.73 Å². The number of hydrogen-bond acceptors (Lipinski definition) is 4. The van der Waals surface area contributed by atoms with E-state index in [0.717, 1.165) is 0 Å². The van der Waals surface area contributed by atoms with E-state index >= 15 is 0 Å². The Balaban J connectivity index is 3.37. The molecule has 0 aliphatic heterocycles. The minimum absolute atomic E-state index is 0.104. The molecule has 1 rings (SSSR count). The number of rotatable bonds is 3. The Kier molecular flexibility index (Phi) is 3.43. The molecule has 0 aliphatic rings. The number of aromatic hydroxyl groups is 1. The highest BCUT2D eigenvalue weighted by Crippen LogP contribution is 2.35. The van der Waals surface area contributed by atoms with E-state index in [0.29, 0.717) is 0 Å². The third-order valence-corrected chi connectivity index (χ3v) is 2.51. The average Bonchev–Trinajstić information content (AvgIpc) is 2.20. The normalized spacial score (nSPS) is 12.1. The number of benzene rings is 1. The van der Waals surface area contributed by atoms with Crippen LogP contribution in [0.5, 0.6) is 5.75 Å². The van der Waals surface area contributed by atoms with Crippen molar-refractivity contribution in [3.05, 3.63) is 44.9 Å². The summed E-state index contributed by atoms with van der Waals surface area (Å²) in [5, 5.41) is 20.2. The lowest BCUT2D eigenvalue weighted by Gasteiger charge is -2.10. The average molecular weight is 273 g/mol. The maximum Gasteiger partial charge on any atom is 0.271 e. The maximum atomic E-state index is 10.6. The van der Waals surface area contributed by atoms with Crippen molar-refractivity contribution in [2.45, 2.75) is 6.04 Å². The molecule has 0 aromatic heterocycles. The summed E-state index contributed by atoms with van der Waals surface area (Å²) in [5.74, 6) is -0.104. The van der Waals surface area contributed by atoms with Crippen LogP contribution in [0.1, 0.15) is 11.6 Å². The molecule has 0 spiro atoms. The second kappa shape index (κ2) is 4.41. The molecule has 0 radical (unpaired) electrons. The molecular formula is C9H9BrN2O3. The first-order valence-corrected chi connectivity index (χ1v) is 4.81. The summed E-state index contributed by atoms with van der Waals surface area (Å²) in [7, 11) is 0. The summed E-state index contributed by atoms with van der Waals surface area (Å²) in [6.45, 7) is 3.46. The van der Waals surface area contributed by atoms with Crippen LogP contribution < -0.4 is 5.73 Å². The van der Waals surface area contributed by atoms with Crippen molar-refractivity contribution in [1.82, 2.24) is 0 Å². The standard InChI is InChI=1S/C9H9BrN2O3/c1-2-8(11)6-3-5(12(14)15)4-7(10)9(6)13/h2-4,8,13H,1,11H2/t8-/m0/s1. The van der Waals surface area contributed by atoms with Gasteiger partial charge in [0.05, 0.1) is 15.4 Å². The van der Waals surface area contributed by atoms with Crippen LogP contribution in [0.15, 0.2) is 29.3 Å². The van der Waals surface area contributed by atoms with Crippen LogP contribution >= 0.6 is 15.9 Å². The minimum atomic E-state index is -0.638. The van der Waals surface area contributed by atoms with Crippen LogP contribution in [0.4, 0.5) is 5.69 Å². The smallest absolute Gasteiger partial charge is 0.271 e. The monoisotopic (exact) mass is 272 g/mol. The van der Waals surface area contributed by atoms with E-state index in [9.17, 15) is 15.2 Å². The number of nitrogens with zero attached hydrogens (tertiary/aromatic N) is 1. The molecule has 0 amide bonds. The molecule has 80 valence electrons. The molecular weight excluding hydrogens is 264 g/mol. The number of non-ortho nitro benzene ring substituents is 1. The quantitative estimate of drug-likeness (QED) is 0.502. The maximum absolute atomic E-state index is 10.6. The van der Waals surface area contributed by atoms with Gasteiger partial charge in [0.25, 0.3) is 5.69 Å². The molecule has 0 saturated heterocycles. The highest BCUT2D eigenvalue weighted by atomic mass is 79.9. The molecule has 1 atom stereocenters. The van der Waals surface area contributed by atoms with Crippen molar-refractivity contribution in [1.29, 1.82) is 0 Å². The number of hydrogen-bond donors (Lipinski definition) is 2. The van der Waals surface area contributed by atoms with Gasteiger partial charge in [0.1, 0.15) is 5.75 Å². The third kappa shape index (κ3) is 2.34. The van der Waals surface area contributed by atoms with E-state index in [-0.39, 0.29) is 21.5 Å². The molecule has 3 N–H and O–H groups in total. The molecule has 0 aliphatic carbocycles. The number of nitro benzene ring substituents is 1. The zero-order chi connectivity index (χ0) is 11.6. The van der Waals surface area contributed by atoms with Gasteiger partial charge in [0.15, 0.2) is 0 Å². The SMILES string of the molecule is C=C[C@H](N)c1cc([N+](=O)[O-])cc(Br)c1O. The lowest BCUT2D eigenvalue weighted by atomic mass is 10.1. The number of phenols is 1. The summed E-state index contributed by atoms with van der Waals surface area (Å²) in [6.07, 6.45) is 1.39. The van der Waals surface area contributed by atoms with Crippen molar-refractivity contribution in [2.75, 3.05) is 0 Å². The molecule has 5 nitrogen and oxygen atoms in total. The van der Waals surface area contributed by atoms with Crippen molar-refractivity contribution in [3.63, 3.8) is 0 Å². The lowest BCUT2D eigenvalue weighted by molar-refractivity contribution is -0.385. The van der Waals surface area contributed by atoms with E-state index in [4.69, 9.17) is 5.73 Å². The van der Waals surface area contributed by atoms with Gasteiger partial charge in [-0.25, -0.2) is 0 Å². The summed E-state index contributed by atoms with van der Waals surface area (Å²) in [6, 6.07) is 1.81. The predicted octanol–water partition coefficient (Wildman–Crippen LogP) is 2.25. The van der Waals surface area contributed by atoms with Gasteiger partial charge in [-0.1, -0.05) is 6.08 Å². The van der Waals surface area contributed by atoms with Crippen LogP contribution in [0.25, 0.3) is 0 Å². The molecule has 1 aromatic rings. The van der Waals surface area contributed by atoms with Gasteiger partial charge in [0, 0.05) is 17.7 Å². The van der Waals surface area contributed by atoms with E-state index < -0.39 is 11.0 Å². The first-order chi connectivity index (χ1) is 6.97.